The summed E-state index contributed by atoms with van der Waals surface area (Å²) >= 11 is 0. The zero-order valence-corrected chi connectivity index (χ0v) is 16.0. The number of benzene rings is 1. The van der Waals surface area contributed by atoms with E-state index in [2.05, 4.69) is 15.3 Å². The van der Waals surface area contributed by atoms with Gasteiger partial charge in [-0.3, -0.25) is 9.78 Å². The molecule has 0 spiro atoms. The minimum absolute atomic E-state index is 0.0501. The molecule has 0 radical (unpaired) electrons. The van der Waals surface area contributed by atoms with Crippen molar-refractivity contribution in [3.05, 3.63) is 76.9 Å². The van der Waals surface area contributed by atoms with E-state index >= 15 is 0 Å². The number of amides is 1. The van der Waals surface area contributed by atoms with Crippen molar-refractivity contribution < 1.29 is 18.3 Å². The van der Waals surface area contributed by atoms with Crippen LogP contribution in [-0.4, -0.2) is 15.9 Å². The highest BCUT2D eigenvalue weighted by molar-refractivity contribution is 6.06. The van der Waals surface area contributed by atoms with Crippen LogP contribution in [-0.2, 0) is 0 Å². The molecule has 0 aliphatic heterocycles. The molecule has 1 aliphatic carbocycles. The number of carbonyl (C=O) groups excluding carboxylic acids is 1. The first-order valence-corrected chi connectivity index (χ1v) is 9.30. The van der Waals surface area contributed by atoms with Crippen LogP contribution >= 0.6 is 0 Å². The quantitative estimate of drug-likeness (QED) is 0.596. The van der Waals surface area contributed by atoms with Crippen molar-refractivity contribution in [1.29, 1.82) is 0 Å². The molecule has 1 N–H and O–H groups in total. The number of halogens is 2. The van der Waals surface area contributed by atoms with Crippen LogP contribution in [0.1, 0.15) is 46.1 Å². The van der Waals surface area contributed by atoms with Gasteiger partial charge in [0.25, 0.3) is 5.91 Å². The maximum Gasteiger partial charge on any atom is 0.262 e. The molecule has 0 bridgehead atoms. The minimum Gasteiger partial charge on any atom is -0.453 e. The normalized spacial score (nSPS) is 13.2. The maximum atomic E-state index is 14.7. The largest absolute Gasteiger partial charge is 0.453 e. The Balaban J connectivity index is 1.76. The lowest BCUT2D eigenvalue weighted by atomic mass is 10.1. The SMILES string of the molecule is Cc1cccc(NC(=O)c2c(F)cnc(C3CC3)c2Oc2ccc(F)nc2C)c1. The Labute approximate surface area is 166 Å². The summed E-state index contributed by atoms with van der Waals surface area (Å²) in [5, 5.41) is 2.71. The fourth-order valence-electron chi connectivity index (χ4n) is 3.10. The van der Waals surface area contributed by atoms with Crippen molar-refractivity contribution in [3.63, 3.8) is 0 Å². The topological polar surface area (TPSA) is 64.1 Å². The number of ether oxygens (including phenoxy) is 1. The lowest BCUT2D eigenvalue weighted by Crippen LogP contribution is -2.17. The molecule has 2 aromatic heterocycles. The van der Waals surface area contributed by atoms with Crippen molar-refractivity contribution >= 4 is 11.6 Å². The summed E-state index contributed by atoms with van der Waals surface area (Å²) in [7, 11) is 0. The van der Waals surface area contributed by atoms with Gasteiger partial charge < -0.3 is 10.1 Å². The smallest absolute Gasteiger partial charge is 0.262 e. The van der Waals surface area contributed by atoms with Crippen molar-refractivity contribution in [3.8, 4) is 11.5 Å². The highest BCUT2D eigenvalue weighted by Gasteiger charge is 2.33. The number of carbonyl (C=O) groups is 1. The standard InChI is InChI=1S/C22H19F2N3O2/c1-12-4-3-5-15(10-12)27-22(28)19-16(23)11-25-20(14-6-7-14)21(19)29-17-8-9-18(24)26-13(17)2/h3-5,8-11,14H,6-7H2,1-2H3,(H,27,28). The van der Waals surface area contributed by atoms with Crippen LogP contribution in [0, 0.1) is 25.6 Å². The van der Waals surface area contributed by atoms with Gasteiger partial charge in [0.2, 0.25) is 5.95 Å². The first-order valence-electron chi connectivity index (χ1n) is 9.30. The fraction of sp³-hybridized carbons (Fsp3) is 0.227. The fourth-order valence-corrected chi connectivity index (χ4v) is 3.10. The second-order valence-corrected chi connectivity index (χ2v) is 7.11. The van der Waals surface area contributed by atoms with Crippen LogP contribution in [0.15, 0.2) is 42.6 Å². The molecule has 148 valence electrons. The molecule has 5 nitrogen and oxygen atoms in total. The van der Waals surface area contributed by atoms with Gasteiger partial charge in [-0.15, -0.1) is 0 Å². The number of aromatic nitrogens is 2. The molecule has 0 unspecified atom stereocenters. The minimum atomic E-state index is -0.790. The Kier molecular flexibility index (Phi) is 4.96. The number of rotatable bonds is 5. The molecular formula is C22H19F2N3O2. The van der Waals surface area contributed by atoms with E-state index in [9.17, 15) is 13.6 Å². The molecule has 3 aromatic rings. The maximum absolute atomic E-state index is 14.7. The van der Waals surface area contributed by atoms with E-state index in [0.29, 0.717) is 17.1 Å². The van der Waals surface area contributed by atoms with Gasteiger partial charge >= 0.3 is 0 Å². The van der Waals surface area contributed by atoms with E-state index in [-0.39, 0.29) is 23.0 Å². The van der Waals surface area contributed by atoms with Crippen molar-refractivity contribution in [2.45, 2.75) is 32.6 Å². The van der Waals surface area contributed by atoms with Gasteiger partial charge in [-0.1, -0.05) is 12.1 Å². The molecule has 29 heavy (non-hydrogen) atoms. The van der Waals surface area contributed by atoms with Crippen LogP contribution in [0.25, 0.3) is 0 Å². The van der Waals surface area contributed by atoms with Gasteiger partial charge in [0.1, 0.15) is 11.3 Å². The van der Waals surface area contributed by atoms with Gasteiger partial charge in [0.05, 0.1) is 17.6 Å². The third-order valence-corrected chi connectivity index (χ3v) is 4.70. The first kappa shape index (κ1) is 19.0. The molecule has 7 heteroatoms. The Bertz CT molecular complexity index is 1100. The summed E-state index contributed by atoms with van der Waals surface area (Å²) in [6.45, 7) is 3.47. The van der Waals surface area contributed by atoms with Crippen LogP contribution in [0.4, 0.5) is 14.5 Å². The summed E-state index contributed by atoms with van der Waals surface area (Å²) in [4.78, 5) is 20.9. The third-order valence-electron chi connectivity index (χ3n) is 4.70. The Morgan fingerprint density at radius 2 is 1.97 bits per heavy atom. The van der Waals surface area contributed by atoms with Crippen LogP contribution in [0.2, 0.25) is 0 Å². The summed E-state index contributed by atoms with van der Waals surface area (Å²) < 4.78 is 34.0. The van der Waals surface area contributed by atoms with Crippen LogP contribution in [0.5, 0.6) is 11.5 Å². The molecule has 1 fully saturated rings. The number of aryl methyl sites for hydroxylation is 2. The molecule has 1 aromatic carbocycles. The summed E-state index contributed by atoms with van der Waals surface area (Å²) in [6, 6.07) is 9.76. The molecule has 0 atom stereocenters. The average molecular weight is 395 g/mol. The number of anilines is 1. The second-order valence-electron chi connectivity index (χ2n) is 7.11. The Morgan fingerprint density at radius 3 is 2.66 bits per heavy atom. The number of hydrogen-bond acceptors (Lipinski definition) is 4. The Morgan fingerprint density at radius 1 is 1.17 bits per heavy atom. The molecule has 1 saturated carbocycles. The molecule has 1 aliphatic rings. The highest BCUT2D eigenvalue weighted by atomic mass is 19.1. The highest BCUT2D eigenvalue weighted by Crippen LogP contribution is 2.46. The molecule has 1 amide bonds. The van der Waals surface area contributed by atoms with Crippen LogP contribution < -0.4 is 10.1 Å². The zero-order valence-electron chi connectivity index (χ0n) is 16.0. The molecular weight excluding hydrogens is 376 g/mol. The van der Waals surface area contributed by atoms with Gasteiger partial charge in [0.15, 0.2) is 11.6 Å². The van der Waals surface area contributed by atoms with Gasteiger partial charge in [-0.05, 0) is 56.5 Å². The van der Waals surface area contributed by atoms with Crippen LogP contribution in [0.3, 0.4) is 0 Å². The lowest BCUT2D eigenvalue weighted by molar-refractivity contribution is 0.102. The van der Waals surface area contributed by atoms with Crippen molar-refractivity contribution in [2.75, 3.05) is 5.32 Å². The number of nitrogens with zero attached hydrogens (tertiary/aromatic N) is 2. The van der Waals surface area contributed by atoms with Gasteiger partial charge in [0, 0.05) is 11.6 Å². The van der Waals surface area contributed by atoms with Gasteiger partial charge in [-0.25, -0.2) is 9.37 Å². The Hall–Kier alpha value is -3.35. The van der Waals surface area contributed by atoms with E-state index < -0.39 is 17.7 Å². The van der Waals surface area contributed by atoms with Crippen molar-refractivity contribution in [1.82, 2.24) is 9.97 Å². The molecule has 0 saturated heterocycles. The predicted octanol–water partition coefficient (Wildman–Crippen LogP) is 5.29. The summed E-state index contributed by atoms with van der Waals surface area (Å²) in [6.07, 6.45) is 2.81. The third kappa shape index (κ3) is 4.08. The van der Waals surface area contributed by atoms with E-state index in [1.807, 2.05) is 13.0 Å². The number of pyridine rings is 2. The lowest BCUT2D eigenvalue weighted by Gasteiger charge is -2.16. The number of hydrogen-bond donors (Lipinski definition) is 1. The summed E-state index contributed by atoms with van der Waals surface area (Å²) in [5.41, 5.74) is 2.09. The molecule has 2 heterocycles. The summed E-state index contributed by atoms with van der Waals surface area (Å²) in [5.74, 6) is -1.68. The van der Waals surface area contributed by atoms with E-state index in [1.165, 1.54) is 6.07 Å². The predicted molar refractivity (Wildman–Crippen MR) is 104 cm³/mol. The zero-order chi connectivity index (χ0) is 20.5. The second kappa shape index (κ2) is 7.58. The van der Waals surface area contributed by atoms with Gasteiger partial charge in [-0.2, -0.15) is 4.39 Å². The first-order chi connectivity index (χ1) is 13.9. The number of nitrogens with one attached hydrogen (secondary N) is 1. The average Bonchev–Trinajstić information content (AvgIpc) is 3.49. The van der Waals surface area contributed by atoms with E-state index in [4.69, 9.17) is 4.74 Å². The molecule has 4 rings (SSSR count). The monoisotopic (exact) mass is 395 g/mol. The van der Waals surface area contributed by atoms with E-state index in [0.717, 1.165) is 30.7 Å². The van der Waals surface area contributed by atoms with Crippen molar-refractivity contribution in [2.24, 2.45) is 0 Å². The van der Waals surface area contributed by atoms with E-state index in [1.54, 1.807) is 25.1 Å².